The van der Waals surface area contributed by atoms with Crippen molar-refractivity contribution in [3.05, 3.63) is 11.8 Å². The summed E-state index contributed by atoms with van der Waals surface area (Å²) in [6.07, 6.45) is -2.92. The normalized spacial score (nSPS) is 11.6. The van der Waals surface area contributed by atoms with Gasteiger partial charge in [0.05, 0.1) is 14.2 Å². The Bertz CT molecular complexity index is 519. The van der Waals surface area contributed by atoms with Crippen LogP contribution in [0.3, 0.4) is 0 Å². The first-order chi connectivity index (χ1) is 7.81. The lowest BCUT2D eigenvalue weighted by atomic mass is 10.3. The summed E-state index contributed by atoms with van der Waals surface area (Å²) in [5.74, 6) is -0.867. The van der Waals surface area contributed by atoms with Gasteiger partial charge < -0.3 is 9.47 Å². The molecule has 17 heavy (non-hydrogen) atoms. The first-order valence-corrected chi connectivity index (χ1v) is 5.79. The lowest BCUT2D eigenvalue weighted by Gasteiger charge is -2.11. The minimum absolute atomic E-state index is 0.371. The molecule has 0 aliphatic rings. The van der Waals surface area contributed by atoms with E-state index in [9.17, 15) is 17.2 Å². The summed E-state index contributed by atoms with van der Waals surface area (Å²) in [4.78, 5) is 2.86. The van der Waals surface area contributed by atoms with Gasteiger partial charge >= 0.3 is 0 Å². The molecule has 96 valence electrons. The van der Waals surface area contributed by atoms with Gasteiger partial charge in [0.2, 0.25) is 15.9 Å². The molecule has 0 saturated carbocycles. The number of primary sulfonamides is 1. The second-order valence-electron chi connectivity index (χ2n) is 2.93. The second kappa shape index (κ2) is 4.80. The first-order valence-electron chi connectivity index (χ1n) is 4.25. The topological polar surface area (TPSA) is 91.5 Å². The predicted molar refractivity (Wildman–Crippen MR) is 53.7 cm³/mol. The Morgan fingerprint density at radius 1 is 1.35 bits per heavy atom. The number of pyridine rings is 1. The minimum Gasteiger partial charge on any atom is -0.495 e. The predicted octanol–water partition coefficient (Wildman–Crippen LogP) is 0.684. The zero-order valence-electron chi connectivity index (χ0n) is 8.98. The number of methoxy groups -OCH3 is 2. The van der Waals surface area contributed by atoms with Crippen molar-refractivity contribution in [3.8, 4) is 11.6 Å². The lowest BCUT2D eigenvalue weighted by Crippen LogP contribution is -2.15. The summed E-state index contributed by atoms with van der Waals surface area (Å²) in [5.41, 5.74) is -0.711. The highest BCUT2D eigenvalue weighted by atomic mass is 32.2. The van der Waals surface area contributed by atoms with Crippen molar-refractivity contribution >= 4 is 10.0 Å². The molecule has 0 fully saturated rings. The third-order valence-electron chi connectivity index (χ3n) is 1.87. The van der Waals surface area contributed by atoms with E-state index in [1.54, 1.807) is 0 Å². The van der Waals surface area contributed by atoms with E-state index in [-0.39, 0.29) is 5.75 Å². The van der Waals surface area contributed by atoms with E-state index in [1.807, 2.05) is 0 Å². The fraction of sp³-hybridized carbons (Fsp3) is 0.375. The van der Waals surface area contributed by atoms with Gasteiger partial charge in [0.25, 0.3) is 6.43 Å². The molecule has 0 bridgehead atoms. The first kappa shape index (κ1) is 13.6. The van der Waals surface area contributed by atoms with E-state index in [2.05, 4.69) is 14.5 Å². The number of rotatable bonds is 4. The molecule has 1 heterocycles. The van der Waals surface area contributed by atoms with Gasteiger partial charge in [0, 0.05) is 6.07 Å². The van der Waals surface area contributed by atoms with Crippen molar-refractivity contribution in [1.29, 1.82) is 0 Å². The number of hydrogen-bond donors (Lipinski definition) is 1. The molecule has 0 saturated heterocycles. The maximum Gasteiger partial charge on any atom is 0.284 e. The fourth-order valence-electron chi connectivity index (χ4n) is 1.14. The number of halogens is 2. The van der Waals surface area contributed by atoms with Crippen molar-refractivity contribution in [1.82, 2.24) is 4.98 Å². The average molecular weight is 268 g/mol. The summed E-state index contributed by atoms with van der Waals surface area (Å²) in [7, 11) is -1.92. The van der Waals surface area contributed by atoms with Crippen LogP contribution < -0.4 is 14.6 Å². The van der Waals surface area contributed by atoms with Crippen LogP contribution in [-0.2, 0) is 10.0 Å². The molecular formula is C8H10F2N2O4S. The van der Waals surface area contributed by atoms with Gasteiger partial charge in [-0.1, -0.05) is 0 Å². The Morgan fingerprint density at radius 3 is 2.29 bits per heavy atom. The molecule has 0 spiro atoms. The summed E-state index contributed by atoms with van der Waals surface area (Å²) in [6.45, 7) is 0. The van der Waals surface area contributed by atoms with Gasteiger partial charge in [0.1, 0.15) is 10.6 Å². The van der Waals surface area contributed by atoms with Crippen LogP contribution in [0.25, 0.3) is 0 Å². The largest absolute Gasteiger partial charge is 0.495 e. The molecule has 1 aromatic heterocycles. The minimum atomic E-state index is -4.13. The van der Waals surface area contributed by atoms with E-state index in [1.165, 1.54) is 0 Å². The van der Waals surface area contributed by atoms with Crippen molar-refractivity contribution in [2.24, 2.45) is 5.14 Å². The van der Waals surface area contributed by atoms with E-state index in [0.717, 1.165) is 20.3 Å². The number of nitrogens with zero attached hydrogens (tertiary/aromatic N) is 1. The molecule has 1 rings (SSSR count). The Hall–Kier alpha value is -1.48. The molecule has 0 aliphatic carbocycles. The van der Waals surface area contributed by atoms with Gasteiger partial charge in [0.15, 0.2) is 5.69 Å². The number of alkyl halides is 2. The van der Waals surface area contributed by atoms with Crippen LogP contribution in [0.1, 0.15) is 12.1 Å². The van der Waals surface area contributed by atoms with Crippen molar-refractivity contribution < 1.29 is 26.7 Å². The monoisotopic (exact) mass is 268 g/mol. The number of nitrogens with two attached hydrogens (primary N) is 1. The molecule has 0 unspecified atom stereocenters. The zero-order chi connectivity index (χ0) is 13.2. The molecule has 0 amide bonds. The van der Waals surface area contributed by atoms with Gasteiger partial charge in [-0.2, -0.15) is 0 Å². The smallest absolute Gasteiger partial charge is 0.284 e. The fourth-order valence-corrected chi connectivity index (χ4v) is 1.79. The van der Waals surface area contributed by atoms with Gasteiger partial charge in [-0.15, -0.1) is 0 Å². The van der Waals surface area contributed by atoms with Gasteiger partial charge in [-0.25, -0.2) is 27.3 Å². The molecule has 0 radical (unpaired) electrons. The van der Waals surface area contributed by atoms with Crippen LogP contribution in [-0.4, -0.2) is 27.6 Å². The quantitative estimate of drug-likeness (QED) is 0.867. The molecule has 0 aliphatic heterocycles. The van der Waals surface area contributed by atoms with Gasteiger partial charge in [-0.3, -0.25) is 0 Å². The van der Waals surface area contributed by atoms with E-state index in [4.69, 9.17) is 5.14 Å². The SMILES string of the molecule is COc1cc(S(N)(=O)=O)c(OC)nc1C(F)F. The number of sulfonamides is 1. The number of ether oxygens (including phenoxy) is 2. The van der Waals surface area contributed by atoms with Crippen LogP contribution in [0.4, 0.5) is 8.78 Å². The highest BCUT2D eigenvalue weighted by molar-refractivity contribution is 7.89. The lowest BCUT2D eigenvalue weighted by molar-refractivity contribution is 0.140. The maximum atomic E-state index is 12.6. The Kier molecular flexibility index (Phi) is 3.83. The van der Waals surface area contributed by atoms with E-state index < -0.39 is 32.9 Å². The molecule has 0 atom stereocenters. The Morgan fingerprint density at radius 2 is 1.94 bits per heavy atom. The standard InChI is InChI=1S/C8H10F2N2O4S/c1-15-4-3-5(17(11,13)14)8(16-2)12-6(4)7(9)10/h3,7H,1-2H3,(H2,11,13,14). The molecular weight excluding hydrogens is 258 g/mol. The molecule has 9 heteroatoms. The van der Waals surface area contributed by atoms with Crippen LogP contribution in [0, 0.1) is 0 Å². The third-order valence-corrected chi connectivity index (χ3v) is 2.78. The van der Waals surface area contributed by atoms with Gasteiger partial charge in [-0.05, 0) is 0 Å². The van der Waals surface area contributed by atoms with Crippen molar-refractivity contribution in [3.63, 3.8) is 0 Å². The van der Waals surface area contributed by atoms with Crippen LogP contribution >= 0.6 is 0 Å². The van der Waals surface area contributed by atoms with E-state index >= 15 is 0 Å². The van der Waals surface area contributed by atoms with Crippen LogP contribution in [0.5, 0.6) is 11.6 Å². The Balaban J connectivity index is 3.55. The van der Waals surface area contributed by atoms with Crippen molar-refractivity contribution in [2.45, 2.75) is 11.3 Å². The van der Waals surface area contributed by atoms with Crippen LogP contribution in [0.15, 0.2) is 11.0 Å². The highest BCUT2D eigenvalue weighted by Crippen LogP contribution is 2.33. The number of aromatic nitrogens is 1. The second-order valence-corrected chi connectivity index (χ2v) is 4.46. The summed E-state index contributed by atoms with van der Waals surface area (Å²) in [6, 6.07) is 0.850. The van der Waals surface area contributed by atoms with Crippen molar-refractivity contribution in [2.75, 3.05) is 14.2 Å². The number of hydrogen-bond acceptors (Lipinski definition) is 5. The zero-order valence-corrected chi connectivity index (χ0v) is 9.79. The molecule has 6 nitrogen and oxygen atoms in total. The molecule has 1 aromatic rings. The third kappa shape index (κ3) is 2.80. The van der Waals surface area contributed by atoms with E-state index in [0.29, 0.717) is 0 Å². The summed E-state index contributed by atoms with van der Waals surface area (Å²) >= 11 is 0. The maximum absolute atomic E-state index is 12.6. The average Bonchev–Trinajstić information content (AvgIpc) is 2.25. The summed E-state index contributed by atoms with van der Waals surface area (Å²) < 4.78 is 56.7. The van der Waals surface area contributed by atoms with Crippen LogP contribution in [0.2, 0.25) is 0 Å². The Labute approximate surface area is 96.4 Å². The summed E-state index contributed by atoms with van der Waals surface area (Å²) in [5, 5.41) is 4.89. The highest BCUT2D eigenvalue weighted by Gasteiger charge is 2.24. The molecule has 2 N–H and O–H groups in total. The molecule has 0 aromatic carbocycles.